The van der Waals surface area contributed by atoms with E-state index in [0.717, 1.165) is 10.9 Å². The second kappa shape index (κ2) is 9.18. The van der Waals surface area contributed by atoms with E-state index in [4.69, 9.17) is 22.1 Å². The van der Waals surface area contributed by atoms with Gasteiger partial charge in [-0.15, -0.1) is 0 Å². The number of ether oxygens (including phenoxy) is 1. The lowest BCUT2D eigenvalue weighted by Gasteiger charge is -2.19. The van der Waals surface area contributed by atoms with Gasteiger partial charge in [-0.1, -0.05) is 23.7 Å². The van der Waals surface area contributed by atoms with Crippen LogP contribution in [0.2, 0.25) is 5.02 Å². The molecule has 4 N–H and O–H groups in total. The van der Waals surface area contributed by atoms with Crippen LogP contribution in [0.5, 0.6) is 0 Å². The standard InChI is InChI=1S/C22H24ClN5O3/c1-22(2,3)31-21(30)25-10-9-18(29)26-15-6-4-5-13(11-15)19-16-12-14(23)7-8-17(16)27-20(24)28-19/h4-8,11-12H,9-10H2,1-3H3,(H,25,30)(H,26,29)(H2,24,27,28). The second-order valence-corrected chi connectivity index (χ2v) is 8.34. The van der Waals surface area contributed by atoms with E-state index in [2.05, 4.69) is 20.6 Å². The molecular weight excluding hydrogens is 418 g/mol. The molecule has 0 atom stereocenters. The minimum Gasteiger partial charge on any atom is -0.444 e. The number of rotatable bonds is 5. The Bertz CT molecular complexity index is 1130. The van der Waals surface area contributed by atoms with E-state index >= 15 is 0 Å². The Morgan fingerprint density at radius 3 is 2.65 bits per heavy atom. The maximum Gasteiger partial charge on any atom is 0.407 e. The molecule has 0 fully saturated rings. The van der Waals surface area contributed by atoms with Crippen molar-refractivity contribution in [3.8, 4) is 11.3 Å². The Morgan fingerprint density at radius 2 is 1.90 bits per heavy atom. The highest BCUT2D eigenvalue weighted by atomic mass is 35.5. The fourth-order valence-electron chi connectivity index (χ4n) is 2.90. The topological polar surface area (TPSA) is 119 Å². The molecule has 0 saturated carbocycles. The smallest absolute Gasteiger partial charge is 0.407 e. The van der Waals surface area contributed by atoms with Crippen molar-refractivity contribution in [1.29, 1.82) is 0 Å². The lowest BCUT2D eigenvalue weighted by atomic mass is 10.1. The van der Waals surface area contributed by atoms with Crippen LogP contribution in [-0.4, -0.2) is 34.1 Å². The van der Waals surface area contributed by atoms with Crippen LogP contribution in [-0.2, 0) is 9.53 Å². The van der Waals surface area contributed by atoms with Crippen molar-refractivity contribution in [2.75, 3.05) is 17.6 Å². The molecule has 3 rings (SSSR count). The Morgan fingerprint density at radius 1 is 1.13 bits per heavy atom. The molecule has 3 aromatic rings. The third kappa shape index (κ3) is 6.29. The lowest BCUT2D eigenvalue weighted by Crippen LogP contribution is -2.34. The van der Waals surface area contributed by atoms with E-state index in [1.165, 1.54) is 0 Å². The third-order valence-electron chi connectivity index (χ3n) is 4.12. The molecule has 162 valence electrons. The number of fused-ring (bicyclic) bond motifs is 1. The SMILES string of the molecule is CC(C)(C)OC(=O)NCCC(=O)Nc1cccc(-c2nc(N)nc3ccc(Cl)cc23)c1. The molecule has 0 spiro atoms. The average molecular weight is 442 g/mol. The highest BCUT2D eigenvalue weighted by Crippen LogP contribution is 2.30. The maximum atomic E-state index is 12.3. The van der Waals surface area contributed by atoms with Crippen LogP contribution in [0.25, 0.3) is 22.2 Å². The minimum absolute atomic E-state index is 0.0997. The van der Waals surface area contributed by atoms with Gasteiger partial charge in [-0.2, -0.15) is 0 Å². The van der Waals surface area contributed by atoms with E-state index in [-0.39, 0.29) is 24.8 Å². The first-order chi connectivity index (χ1) is 14.6. The molecule has 0 radical (unpaired) electrons. The molecule has 0 aliphatic carbocycles. The predicted molar refractivity (Wildman–Crippen MR) is 122 cm³/mol. The molecule has 8 nitrogen and oxygen atoms in total. The van der Waals surface area contributed by atoms with E-state index in [0.29, 0.717) is 21.9 Å². The van der Waals surface area contributed by atoms with Crippen LogP contribution >= 0.6 is 11.6 Å². The maximum absolute atomic E-state index is 12.3. The largest absolute Gasteiger partial charge is 0.444 e. The van der Waals surface area contributed by atoms with Gasteiger partial charge in [0.2, 0.25) is 11.9 Å². The number of halogens is 1. The molecule has 0 unspecified atom stereocenters. The van der Waals surface area contributed by atoms with Gasteiger partial charge in [0.1, 0.15) is 5.60 Å². The normalized spacial score (nSPS) is 11.2. The van der Waals surface area contributed by atoms with Crippen molar-refractivity contribution in [3.05, 3.63) is 47.5 Å². The van der Waals surface area contributed by atoms with E-state index in [1.54, 1.807) is 57.2 Å². The van der Waals surface area contributed by atoms with Gasteiger partial charge in [0.25, 0.3) is 0 Å². The van der Waals surface area contributed by atoms with Crippen molar-refractivity contribution in [1.82, 2.24) is 15.3 Å². The van der Waals surface area contributed by atoms with E-state index in [9.17, 15) is 9.59 Å². The van der Waals surface area contributed by atoms with Crippen molar-refractivity contribution in [3.63, 3.8) is 0 Å². The number of hydrogen-bond donors (Lipinski definition) is 3. The summed E-state index contributed by atoms with van der Waals surface area (Å²) >= 11 is 6.14. The molecule has 0 aliphatic rings. The highest BCUT2D eigenvalue weighted by molar-refractivity contribution is 6.31. The van der Waals surface area contributed by atoms with Crippen LogP contribution in [0.15, 0.2) is 42.5 Å². The number of alkyl carbamates (subject to hydrolysis) is 1. The summed E-state index contributed by atoms with van der Waals surface area (Å²) in [5, 5.41) is 6.69. The van der Waals surface area contributed by atoms with Gasteiger partial charge in [-0.25, -0.2) is 14.8 Å². The summed E-state index contributed by atoms with van der Waals surface area (Å²) < 4.78 is 5.14. The second-order valence-electron chi connectivity index (χ2n) is 7.90. The number of aromatic nitrogens is 2. The van der Waals surface area contributed by atoms with Gasteiger partial charge >= 0.3 is 6.09 Å². The molecule has 1 aromatic heterocycles. The number of anilines is 2. The molecule has 2 amide bonds. The molecule has 9 heteroatoms. The molecule has 0 saturated heterocycles. The van der Waals surface area contributed by atoms with Crippen LogP contribution in [0.4, 0.5) is 16.4 Å². The minimum atomic E-state index is -0.592. The fraction of sp³-hybridized carbons (Fsp3) is 0.273. The summed E-state index contributed by atoms with van der Waals surface area (Å²) in [6.07, 6.45) is -0.461. The number of carbonyl (C=O) groups excluding carboxylic acids is 2. The van der Waals surface area contributed by atoms with Gasteiger partial charge in [-0.05, 0) is 51.1 Å². The lowest BCUT2D eigenvalue weighted by molar-refractivity contribution is -0.116. The number of nitrogens with one attached hydrogen (secondary N) is 2. The van der Waals surface area contributed by atoms with Gasteiger partial charge < -0.3 is 21.1 Å². The van der Waals surface area contributed by atoms with E-state index in [1.807, 2.05) is 6.07 Å². The molecule has 0 aliphatic heterocycles. The van der Waals surface area contributed by atoms with Gasteiger partial charge in [0.15, 0.2) is 0 Å². The van der Waals surface area contributed by atoms with Crippen molar-refractivity contribution >= 4 is 46.1 Å². The van der Waals surface area contributed by atoms with Gasteiger partial charge in [0, 0.05) is 34.6 Å². The summed E-state index contributed by atoms with van der Waals surface area (Å²) in [7, 11) is 0. The summed E-state index contributed by atoms with van der Waals surface area (Å²) in [5.74, 6) is -0.101. The summed E-state index contributed by atoms with van der Waals surface area (Å²) in [6, 6.07) is 12.5. The zero-order valence-corrected chi connectivity index (χ0v) is 18.3. The molecule has 0 bridgehead atoms. The van der Waals surface area contributed by atoms with Crippen LogP contribution in [0, 0.1) is 0 Å². The van der Waals surface area contributed by atoms with Crippen LogP contribution in [0.3, 0.4) is 0 Å². The monoisotopic (exact) mass is 441 g/mol. The highest BCUT2D eigenvalue weighted by Gasteiger charge is 2.16. The number of nitrogens with two attached hydrogens (primary N) is 1. The summed E-state index contributed by atoms with van der Waals surface area (Å²) in [5.41, 5.74) is 7.91. The van der Waals surface area contributed by atoms with E-state index < -0.39 is 11.7 Å². The molecule has 1 heterocycles. The van der Waals surface area contributed by atoms with Crippen molar-refractivity contribution in [2.24, 2.45) is 0 Å². The Labute approximate surface area is 185 Å². The predicted octanol–water partition coefficient (Wildman–Crippen LogP) is 4.39. The first-order valence-electron chi connectivity index (χ1n) is 9.71. The number of hydrogen-bond acceptors (Lipinski definition) is 6. The quantitative estimate of drug-likeness (QED) is 0.540. The Hall–Kier alpha value is -3.39. The third-order valence-corrected chi connectivity index (χ3v) is 4.35. The molecule has 31 heavy (non-hydrogen) atoms. The van der Waals surface area contributed by atoms with Gasteiger partial charge in [-0.3, -0.25) is 4.79 Å². The number of nitrogens with zero attached hydrogens (tertiary/aromatic N) is 2. The number of benzene rings is 2. The van der Waals surface area contributed by atoms with Crippen LogP contribution in [0.1, 0.15) is 27.2 Å². The number of nitrogen functional groups attached to an aromatic ring is 1. The van der Waals surface area contributed by atoms with Gasteiger partial charge in [0.05, 0.1) is 11.2 Å². The zero-order chi connectivity index (χ0) is 22.6. The zero-order valence-electron chi connectivity index (χ0n) is 17.5. The first kappa shape index (κ1) is 22.3. The first-order valence-corrected chi connectivity index (χ1v) is 10.1. The molecular formula is C22H24ClN5O3. The number of carbonyl (C=O) groups is 2. The summed E-state index contributed by atoms with van der Waals surface area (Å²) in [6.45, 7) is 5.48. The molecule has 2 aromatic carbocycles. The van der Waals surface area contributed by atoms with Crippen molar-refractivity contribution in [2.45, 2.75) is 32.8 Å². The Kier molecular flexibility index (Phi) is 6.60. The van der Waals surface area contributed by atoms with Crippen LogP contribution < -0.4 is 16.4 Å². The fourth-order valence-corrected chi connectivity index (χ4v) is 3.07. The number of amides is 2. The Balaban J connectivity index is 1.70. The summed E-state index contributed by atoms with van der Waals surface area (Å²) in [4.78, 5) is 32.5. The van der Waals surface area contributed by atoms with Crippen molar-refractivity contribution < 1.29 is 14.3 Å². The average Bonchev–Trinajstić information content (AvgIpc) is 2.66.